The van der Waals surface area contributed by atoms with E-state index in [1.54, 1.807) is 12.3 Å². The second-order valence-corrected chi connectivity index (χ2v) is 8.05. The summed E-state index contributed by atoms with van der Waals surface area (Å²) in [5.74, 6) is 0.178. The topological polar surface area (TPSA) is 89.2 Å². The number of nitrogens with two attached hydrogens (primary N) is 1. The van der Waals surface area contributed by atoms with E-state index in [1.165, 1.54) is 16.3 Å². The van der Waals surface area contributed by atoms with Crippen molar-refractivity contribution in [3.8, 4) is 0 Å². The molecule has 1 aromatic carbocycles. The molecule has 0 saturated carbocycles. The van der Waals surface area contributed by atoms with E-state index in [0.29, 0.717) is 17.1 Å². The van der Waals surface area contributed by atoms with Gasteiger partial charge in [0, 0.05) is 18.3 Å². The van der Waals surface area contributed by atoms with Crippen LogP contribution in [0.25, 0.3) is 0 Å². The van der Waals surface area contributed by atoms with Crippen molar-refractivity contribution in [2.75, 3.05) is 5.73 Å². The third kappa shape index (κ3) is 2.49. The summed E-state index contributed by atoms with van der Waals surface area (Å²) in [6.07, 6.45) is 5.92. The summed E-state index contributed by atoms with van der Waals surface area (Å²) >= 11 is 0. The number of aryl methyl sites for hydroxylation is 2. The van der Waals surface area contributed by atoms with Crippen molar-refractivity contribution in [1.29, 1.82) is 0 Å². The molecule has 2 N–H and O–H groups in total. The normalized spacial score (nSPS) is 17.7. The average Bonchev–Trinajstić information content (AvgIpc) is 2.98. The highest BCUT2D eigenvalue weighted by molar-refractivity contribution is 7.89. The van der Waals surface area contributed by atoms with Gasteiger partial charge >= 0.3 is 0 Å². The smallest absolute Gasteiger partial charge is 0.243 e. The quantitative estimate of drug-likeness (QED) is 0.904. The fraction of sp³-hybridized carbons (Fsp3) is 0.375. The largest absolute Gasteiger partial charge is 0.368 e. The first-order valence-corrected chi connectivity index (χ1v) is 9.20. The average molecular weight is 330 g/mol. The minimum atomic E-state index is -3.53. The lowest BCUT2D eigenvalue weighted by Gasteiger charge is -2.19. The van der Waals surface area contributed by atoms with Gasteiger partial charge in [-0.15, -0.1) is 0 Å². The number of aromatic nitrogens is 2. The van der Waals surface area contributed by atoms with Gasteiger partial charge in [-0.25, -0.2) is 18.4 Å². The molecule has 2 aliphatic rings. The monoisotopic (exact) mass is 330 g/mol. The van der Waals surface area contributed by atoms with E-state index in [9.17, 15) is 8.42 Å². The van der Waals surface area contributed by atoms with Crippen LogP contribution in [0.2, 0.25) is 0 Å². The zero-order valence-corrected chi connectivity index (χ0v) is 13.5. The molecule has 0 amide bonds. The number of nitrogens with zero attached hydrogens (tertiary/aromatic N) is 3. The number of hydrogen-bond donors (Lipinski definition) is 1. The van der Waals surface area contributed by atoms with Gasteiger partial charge in [0.2, 0.25) is 16.0 Å². The van der Waals surface area contributed by atoms with Gasteiger partial charge in [0.05, 0.1) is 17.1 Å². The SMILES string of the molecule is Nc1ncc2c(n1)CN(S(=O)(=O)c1ccc3c(c1)CCCC3)C2. The van der Waals surface area contributed by atoms with Crippen LogP contribution in [0, 0.1) is 0 Å². The first kappa shape index (κ1) is 14.6. The molecular weight excluding hydrogens is 312 g/mol. The Hall–Kier alpha value is -1.99. The van der Waals surface area contributed by atoms with Crippen LogP contribution < -0.4 is 5.73 Å². The van der Waals surface area contributed by atoms with Crippen molar-refractivity contribution >= 4 is 16.0 Å². The summed E-state index contributed by atoms with van der Waals surface area (Å²) < 4.78 is 27.3. The number of benzene rings is 1. The van der Waals surface area contributed by atoms with Gasteiger partial charge in [0.1, 0.15) is 0 Å². The Balaban J connectivity index is 1.67. The molecule has 23 heavy (non-hydrogen) atoms. The number of sulfonamides is 1. The highest BCUT2D eigenvalue weighted by atomic mass is 32.2. The molecule has 1 aliphatic carbocycles. The van der Waals surface area contributed by atoms with E-state index in [4.69, 9.17) is 5.73 Å². The van der Waals surface area contributed by atoms with Crippen LogP contribution in [0.15, 0.2) is 29.3 Å². The Morgan fingerprint density at radius 2 is 1.83 bits per heavy atom. The first-order valence-electron chi connectivity index (χ1n) is 7.76. The molecule has 6 nitrogen and oxygen atoms in total. The number of hydrogen-bond acceptors (Lipinski definition) is 5. The van der Waals surface area contributed by atoms with Gasteiger partial charge in [-0.2, -0.15) is 4.31 Å². The molecule has 0 atom stereocenters. The molecule has 0 bridgehead atoms. The summed E-state index contributed by atoms with van der Waals surface area (Å²) in [5, 5.41) is 0. The van der Waals surface area contributed by atoms with E-state index in [0.717, 1.165) is 30.4 Å². The minimum absolute atomic E-state index is 0.178. The summed E-state index contributed by atoms with van der Waals surface area (Å²) in [7, 11) is -3.53. The minimum Gasteiger partial charge on any atom is -0.368 e. The van der Waals surface area contributed by atoms with E-state index >= 15 is 0 Å². The molecule has 0 radical (unpaired) electrons. The first-order chi connectivity index (χ1) is 11.0. The Morgan fingerprint density at radius 3 is 2.65 bits per heavy atom. The summed E-state index contributed by atoms with van der Waals surface area (Å²) in [6.45, 7) is 0.552. The molecule has 1 aromatic heterocycles. The zero-order valence-electron chi connectivity index (χ0n) is 12.7. The number of fused-ring (bicyclic) bond motifs is 2. The van der Waals surface area contributed by atoms with Crippen LogP contribution in [0.3, 0.4) is 0 Å². The fourth-order valence-electron chi connectivity index (χ4n) is 3.33. The lowest BCUT2D eigenvalue weighted by molar-refractivity contribution is 0.429. The molecular formula is C16H18N4O2S. The highest BCUT2D eigenvalue weighted by Gasteiger charge is 2.32. The molecule has 0 saturated heterocycles. The number of anilines is 1. The number of rotatable bonds is 2. The van der Waals surface area contributed by atoms with Gasteiger partial charge in [-0.3, -0.25) is 0 Å². The Kier molecular flexibility index (Phi) is 3.35. The molecule has 2 heterocycles. The molecule has 0 unspecified atom stereocenters. The molecule has 0 fully saturated rings. The van der Waals surface area contributed by atoms with Crippen molar-refractivity contribution in [3.63, 3.8) is 0 Å². The van der Waals surface area contributed by atoms with Crippen molar-refractivity contribution in [3.05, 3.63) is 46.8 Å². The maximum atomic E-state index is 12.9. The van der Waals surface area contributed by atoms with Crippen LogP contribution in [0.4, 0.5) is 5.95 Å². The number of nitrogen functional groups attached to an aromatic ring is 1. The van der Waals surface area contributed by atoms with Crippen LogP contribution in [-0.2, 0) is 36.0 Å². The van der Waals surface area contributed by atoms with Crippen molar-refractivity contribution in [1.82, 2.24) is 14.3 Å². The van der Waals surface area contributed by atoms with Crippen molar-refractivity contribution < 1.29 is 8.42 Å². The summed E-state index contributed by atoms with van der Waals surface area (Å²) in [4.78, 5) is 8.45. The highest BCUT2D eigenvalue weighted by Crippen LogP contribution is 2.30. The lowest BCUT2D eigenvalue weighted by atomic mass is 9.92. The van der Waals surface area contributed by atoms with E-state index in [1.807, 2.05) is 12.1 Å². The van der Waals surface area contributed by atoms with E-state index < -0.39 is 10.0 Å². The predicted molar refractivity (Wildman–Crippen MR) is 86.0 cm³/mol. The van der Waals surface area contributed by atoms with Gasteiger partial charge in [0.15, 0.2) is 0 Å². The molecule has 0 spiro atoms. The van der Waals surface area contributed by atoms with Gasteiger partial charge in [-0.1, -0.05) is 6.07 Å². The van der Waals surface area contributed by atoms with E-state index in [-0.39, 0.29) is 12.5 Å². The van der Waals surface area contributed by atoms with Crippen LogP contribution in [0.5, 0.6) is 0 Å². The standard InChI is InChI=1S/C16H18N4O2S/c17-16-18-8-13-9-20(10-15(13)19-16)23(21,22)14-6-5-11-3-1-2-4-12(11)7-14/h5-8H,1-4,9-10H2,(H2,17,18,19). The predicted octanol–water partition coefficient (Wildman–Crippen LogP) is 1.64. The van der Waals surface area contributed by atoms with Gasteiger partial charge in [0.25, 0.3) is 0 Å². The van der Waals surface area contributed by atoms with Crippen molar-refractivity contribution in [2.24, 2.45) is 0 Å². The van der Waals surface area contributed by atoms with Crippen LogP contribution in [0.1, 0.15) is 35.2 Å². The summed E-state index contributed by atoms with van der Waals surface area (Å²) in [6, 6.07) is 5.53. The molecule has 2 aromatic rings. The fourth-order valence-corrected chi connectivity index (χ4v) is 4.76. The van der Waals surface area contributed by atoms with E-state index in [2.05, 4.69) is 9.97 Å². The third-order valence-corrected chi connectivity index (χ3v) is 6.39. The second-order valence-electron chi connectivity index (χ2n) is 6.11. The molecule has 120 valence electrons. The molecule has 1 aliphatic heterocycles. The zero-order chi connectivity index (χ0) is 16.0. The molecule has 4 rings (SSSR count). The Morgan fingerprint density at radius 1 is 1.04 bits per heavy atom. The van der Waals surface area contributed by atoms with Crippen LogP contribution >= 0.6 is 0 Å². The van der Waals surface area contributed by atoms with Crippen molar-refractivity contribution in [2.45, 2.75) is 43.7 Å². The van der Waals surface area contributed by atoms with Gasteiger partial charge in [-0.05, 0) is 48.9 Å². The third-order valence-electron chi connectivity index (χ3n) is 4.60. The maximum Gasteiger partial charge on any atom is 0.243 e. The summed E-state index contributed by atoms with van der Waals surface area (Å²) in [5.41, 5.74) is 9.54. The Labute approximate surface area is 135 Å². The maximum absolute atomic E-state index is 12.9. The lowest BCUT2D eigenvalue weighted by Crippen LogP contribution is -2.26. The van der Waals surface area contributed by atoms with Gasteiger partial charge < -0.3 is 5.73 Å². The molecule has 7 heteroatoms. The van der Waals surface area contributed by atoms with Crippen LogP contribution in [-0.4, -0.2) is 22.7 Å². The Bertz CT molecular complexity index is 880. The second kappa shape index (κ2) is 5.28.